The van der Waals surface area contributed by atoms with Gasteiger partial charge < -0.3 is 34.0 Å². The average molecular weight is 638 g/mol. The third kappa shape index (κ3) is 6.16. The molecule has 1 amide bonds. The van der Waals surface area contributed by atoms with Crippen LogP contribution in [0.4, 0.5) is 5.69 Å². The van der Waals surface area contributed by atoms with Crippen molar-refractivity contribution in [2.75, 3.05) is 54.0 Å². The van der Waals surface area contributed by atoms with Gasteiger partial charge in [-0.25, -0.2) is 0 Å². The Bertz CT molecular complexity index is 2020. The average Bonchev–Trinajstić information content (AvgIpc) is 3.10. The highest BCUT2D eigenvalue weighted by molar-refractivity contribution is 6.14. The summed E-state index contributed by atoms with van der Waals surface area (Å²) in [5, 5.41) is 3.71. The van der Waals surface area contributed by atoms with Crippen LogP contribution in [0.1, 0.15) is 33.5 Å². The number of benzene rings is 4. The molecule has 0 atom stereocenters. The van der Waals surface area contributed by atoms with Crippen LogP contribution in [0.25, 0.3) is 21.8 Å². The normalized spacial score (nSPS) is 12.9. The second-order valence-electron chi connectivity index (χ2n) is 11.5. The van der Waals surface area contributed by atoms with Gasteiger partial charge in [-0.2, -0.15) is 0 Å². The molecule has 47 heavy (non-hydrogen) atoms. The molecule has 4 aromatic carbocycles. The van der Waals surface area contributed by atoms with E-state index in [2.05, 4.69) is 27.3 Å². The number of carbonyl (C=O) groups excluding carboxylic acids is 1. The zero-order valence-corrected chi connectivity index (χ0v) is 27.3. The number of anilines is 1. The topological polar surface area (TPSA) is 111 Å². The van der Waals surface area contributed by atoms with Crippen LogP contribution in [-0.2, 0) is 19.4 Å². The highest BCUT2D eigenvalue weighted by Crippen LogP contribution is 2.34. The molecule has 0 radical (unpaired) electrons. The summed E-state index contributed by atoms with van der Waals surface area (Å²) in [5.74, 6) is 2.61. The van der Waals surface area contributed by atoms with E-state index in [9.17, 15) is 9.59 Å². The first-order valence-corrected chi connectivity index (χ1v) is 15.5. The number of hydrogen-bond acceptors (Lipinski definition) is 8. The van der Waals surface area contributed by atoms with Gasteiger partial charge in [0.2, 0.25) is 5.43 Å². The highest BCUT2D eigenvalue weighted by atomic mass is 16.5. The summed E-state index contributed by atoms with van der Waals surface area (Å²) in [6, 6.07) is 18.5. The second kappa shape index (κ2) is 13.6. The highest BCUT2D eigenvalue weighted by Gasteiger charge is 2.21. The predicted octanol–water partition coefficient (Wildman–Crippen LogP) is 5.97. The fraction of sp³-hybridized carbons (Fsp3) is 0.297. The first-order chi connectivity index (χ1) is 22.9. The first kappa shape index (κ1) is 31.7. The minimum absolute atomic E-state index is 0.255. The lowest BCUT2D eigenvalue weighted by molar-refractivity contribution is 0.102. The van der Waals surface area contributed by atoms with Crippen LogP contribution in [0.5, 0.6) is 28.7 Å². The number of carbonyl (C=O) groups is 1. The van der Waals surface area contributed by atoms with E-state index in [1.165, 1.54) is 25.3 Å². The van der Waals surface area contributed by atoms with Gasteiger partial charge in [0.25, 0.3) is 5.91 Å². The Morgan fingerprint density at radius 1 is 0.787 bits per heavy atom. The van der Waals surface area contributed by atoms with Crippen LogP contribution in [0.2, 0.25) is 0 Å². The summed E-state index contributed by atoms with van der Waals surface area (Å²) in [4.78, 5) is 33.0. The number of amides is 1. The summed E-state index contributed by atoms with van der Waals surface area (Å²) >= 11 is 0. The molecule has 0 saturated carbocycles. The number of aromatic nitrogens is 1. The van der Waals surface area contributed by atoms with Crippen molar-refractivity contribution in [3.63, 3.8) is 0 Å². The SMILES string of the molecule is COc1cc(CCCN2CCc3cc(OC)c(OC)cc3C2)ccc1NC(=O)c1cccc2c(=O)c3c(OC)ccc(OC)c3[nH]c12. The molecule has 6 rings (SSSR count). The standard InChI is InChI=1S/C37H39N3O7/c1-43-28-13-14-29(44-2)35-33(28)36(41)25-9-6-10-26(34(25)39-35)37(42)38-27-12-11-22(18-30(27)45-3)8-7-16-40-17-15-23-19-31(46-4)32(47-5)20-24(23)21-40/h6,9-14,18-20H,7-8,15-17,21H2,1-5H3,(H,38,42)(H,39,41). The molecule has 0 unspecified atom stereocenters. The summed E-state index contributed by atoms with van der Waals surface area (Å²) in [6.07, 6.45) is 2.81. The molecule has 0 spiro atoms. The number of rotatable bonds is 11. The van der Waals surface area contributed by atoms with E-state index in [0.29, 0.717) is 50.3 Å². The van der Waals surface area contributed by atoms with Crippen LogP contribution in [0, 0.1) is 0 Å². The molecule has 2 heterocycles. The third-order valence-electron chi connectivity index (χ3n) is 8.85. The van der Waals surface area contributed by atoms with E-state index in [1.54, 1.807) is 51.7 Å². The van der Waals surface area contributed by atoms with Gasteiger partial charge in [0.05, 0.1) is 63.2 Å². The molecule has 1 aromatic heterocycles. The van der Waals surface area contributed by atoms with Gasteiger partial charge in [-0.15, -0.1) is 0 Å². The van der Waals surface area contributed by atoms with E-state index < -0.39 is 0 Å². The van der Waals surface area contributed by atoms with Crippen molar-refractivity contribution in [1.82, 2.24) is 9.88 Å². The van der Waals surface area contributed by atoms with Gasteiger partial charge in [-0.3, -0.25) is 14.5 Å². The van der Waals surface area contributed by atoms with Gasteiger partial charge in [-0.1, -0.05) is 12.1 Å². The molecule has 0 bridgehead atoms. The van der Waals surface area contributed by atoms with E-state index in [0.717, 1.165) is 56.0 Å². The number of aryl methyl sites for hydroxylation is 1. The van der Waals surface area contributed by atoms with Gasteiger partial charge >= 0.3 is 0 Å². The Balaban J connectivity index is 1.16. The van der Waals surface area contributed by atoms with Crippen LogP contribution >= 0.6 is 0 Å². The second-order valence-corrected chi connectivity index (χ2v) is 11.5. The van der Waals surface area contributed by atoms with Crippen molar-refractivity contribution in [1.29, 1.82) is 0 Å². The number of nitrogens with one attached hydrogen (secondary N) is 2. The maximum absolute atomic E-state index is 13.7. The van der Waals surface area contributed by atoms with Crippen molar-refractivity contribution in [2.24, 2.45) is 0 Å². The van der Waals surface area contributed by atoms with Crippen molar-refractivity contribution < 1.29 is 28.5 Å². The summed E-state index contributed by atoms with van der Waals surface area (Å²) in [7, 11) is 7.96. The molecule has 10 heteroatoms. The number of fused-ring (bicyclic) bond motifs is 3. The van der Waals surface area contributed by atoms with Crippen molar-refractivity contribution in [3.8, 4) is 28.7 Å². The lowest BCUT2D eigenvalue weighted by Gasteiger charge is -2.29. The minimum Gasteiger partial charge on any atom is -0.496 e. The molecule has 244 valence electrons. The van der Waals surface area contributed by atoms with Gasteiger partial charge in [0.1, 0.15) is 17.2 Å². The third-order valence-corrected chi connectivity index (χ3v) is 8.85. The van der Waals surface area contributed by atoms with E-state index in [-0.39, 0.29) is 11.3 Å². The Morgan fingerprint density at radius 3 is 2.21 bits per heavy atom. The molecular formula is C37H39N3O7. The predicted molar refractivity (Wildman–Crippen MR) is 183 cm³/mol. The van der Waals surface area contributed by atoms with Crippen LogP contribution in [0.15, 0.2) is 65.5 Å². The Kier molecular flexibility index (Phi) is 9.22. The molecular weight excluding hydrogens is 598 g/mol. The largest absolute Gasteiger partial charge is 0.496 e. The van der Waals surface area contributed by atoms with E-state index in [4.69, 9.17) is 23.7 Å². The molecule has 1 aliphatic rings. The maximum atomic E-state index is 13.7. The minimum atomic E-state index is -0.377. The number of pyridine rings is 1. The Labute approximate surface area is 273 Å². The molecule has 0 fully saturated rings. The summed E-state index contributed by atoms with van der Waals surface area (Å²) in [5.41, 5.74) is 5.17. The van der Waals surface area contributed by atoms with E-state index >= 15 is 0 Å². The summed E-state index contributed by atoms with van der Waals surface area (Å²) in [6.45, 7) is 2.82. The van der Waals surface area contributed by atoms with Crippen molar-refractivity contribution in [3.05, 3.63) is 93.1 Å². The number of methoxy groups -OCH3 is 5. The lowest BCUT2D eigenvalue weighted by atomic mass is 9.98. The number of aromatic amines is 1. The number of hydrogen-bond donors (Lipinski definition) is 2. The van der Waals surface area contributed by atoms with Gasteiger partial charge in [0.15, 0.2) is 11.5 Å². The van der Waals surface area contributed by atoms with Crippen LogP contribution in [0.3, 0.4) is 0 Å². The Hall–Kier alpha value is -5.22. The molecule has 1 aliphatic heterocycles. The monoisotopic (exact) mass is 637 g/mol. The molecule has 10 nitrogen and oxygen atoms in total. The molecule has 2 N–H and O–H groups in total. The van der Waals surface area contributed by atoms with Crippen LogP contribution in [-0.4, -0.2) is 64.4 Å². The lowest BCUT2D eigenvalue weighted by Crippen LogP contribution is -2.31. The zero-order chi connectivity index (χ0) is 33.1. The maximum Gasteiger partial charge on any atom is 0.257 e. The first-order valence-electron chi connectivity index (χ1n) is 15.5. The van der Waals surface area contributed by atoms with Gasteiger partial charge in [0, 0.05) is 18.5 Å². The number of para-hydroxylation sites is 1. The van der Waals surface area contributed by atoms with Gasteiger partial charge in [-0.05, 0) is 91.0 Å². The number of nitrogens with zero attached hydrogens (tertiary/aromatic N) is 1. The number of H-pyrrole nitrogens is 1. The van der Waals surface area contributed by atoms with Crippen molar-refractivity contribution in [2.45, 2.75) is 25.8 Å². The summed E-state index contributed by atoms with van der Waals surface area (Å²) < 4.78 is 27.6. The van der Waals surface area contributed by atoms with E-state index in [1.807, 2.05) is 18.2 Å². The van der Waals surface area contributed by atoms with Crippen molar-refractivity contribution >= 4 is 33.4 Å². The smallest absolute Gasteiger partial charge is 0.257 e. The fourth-order valence-electron chi connectivity index (χ4n) is 6.40. The quantitative estimate of drug-likeness (QED) is 0.171. The van der Waals surface area contributed by atoms with Crippen LogP contribution < -0.4 is 34.4 Å². The molecule has 0 saturated heterocycles. The number of ether oxygens (including phenoxy) is 5. The molecule has 0 aliphatic carbocycles. The molecule has 5 aromatic rings. The fourth-order valence-corrected chi connectivity index (χ4v) is 6.40. The zero-order valence-electron chi connectivity index (χ0n) is 27.3. The Morgan fingerprint density at radius 2 is 1.49 bits per heavy atom.